The first-order valence-corrected chi connectivity index (χ1v) is 7.98. The Kier molecular flexibility index (Phi) is 5.17. The van der Waals surface area contributed by atoms with E-state index in [0.29, 0.717) is 16.5 Å². The summed E-state index contributed by atoms with van der Waals surface area (Å²) in [5.74, 6) is -1.62. The van der Waals surface area contributed by atoms with E-state index in [0.717, 1.165) is 5.56 Å². The Balaban J connectivity index is 1.66. The molecule has 0 aliphatic heterocycles. The number of carboxylic acid groups (broad SMARTS) is 1. The van der Waals surface area contributed by atoms with Crippen molar-refractivity contribution in [3.05, 3.63) is 71.7 Å². The number of carbonyl (C=O) groups excluding carboxylic acids is 1. The monoisotopic (exact) mass is 356 g/mol. The molecule has 0 saturated carbocycles. The zero-order valence-corrected chi connectivity index (χ0v) is 13.7. The molecule has 6 nitrogen and oxygen atoms in total. The molecule has 1 heterocycles. The summed E-state index contributed by atoms with van der Waals surface area (Å²) in [7, 11) is 0. The number of nitrogens with one attached hydrogen (secondary N) is 2. The number of H-pyrrole nitrogens is 1. The summed E-state index contributed by atoms with van der Waals surface area (Å²) >= 11 is 0. The fraction of sp³-hybridized carbons (Fsp3) is 0.158. The van der Waals surface area contributed by atoms with E-state index < -0.39 is 23.9 Å². The summed E-state index contributed by atoms with van der Waals surface area (Å²) in [6.07, 6.45) is 0.781. The van der Waals surface area contributed by atoms with Gasteiger partial charge in [-0.25, -0.2) is 14.0 Å². The highest BCUT2D eigenvalue weighted by Gasteiger charge is 2.22. The number of benzene rings is 2. The molecule has 1 amide bonds. The first kappa shape index (κ1) is 17.5. The second-order valence-corrected chi connectivity index (χ2v) is 5.80. The molecule has 7 heteroatoms. The van der Waals surface area contributed by atoms with Crippen molar-refractivity contribution in [3.8, 4) is 0 Å². The van der Waals surface area contributed by atoms with Gasteiger partial charge in [-0.2, -0.15) is 0 Å². The molecular formula is C19H17FN2O4. The highest BCUT2D eigenvalue weighted by Crippen LogP contribution is 2.20. The Morgan fingerprint density at radius 1 is 1.19 bits per heavy atom. The number of fused-ring (bicyclic) bond motifs is 1. The van der Waals surface area contributed by atoms with Crippen molar-refractivity contribution < 1.29 is 23.8 Å². The van der Waals surface area contributed by atoms with E-state index in [1.165, 1.54) is 12.1 Å². The molecule has 0 saturated heterocycles. The number of hydrogen-bond acceptors (Lipinski definition) is 3. The van der Waals surface area contributed by atoms with E-state index in [4.69, 9.17) is 4.74 Å². The Labute approximate surface area is 148 Å². The van der Waals surface area contributed by atoms with Crippen molar-refractivity contribution in [2.45, 2.75) is 19.1 Å². The van der Waals surface area contributed by atoms with Crippen LogP contribution in [0.15, 0.2) is 54.7 Å². The molecule has 0 bridgehead atoms. The van der Waals surface area contributed by atoms with Gasteiger partial charge in [0.05, 0.1) is 0 Å². The predicted molar refractivity (Wildman–Crippen MR) is 93.1 cm³/mol. The summed E-state index contributed by atoms with van der Waals surface area (Å²) in [6, 6.07) is 12.1. The van der Waals surface area contributed by atoms with Crippen LogP contribution in [0.2, 0.25) is 0 Å². The van der Waals surface area contributed by atoms with Crippen molar-refractivity contribution in [1.82, 2.24) is 10.3 Å². The van der Waals surface area contributed by atoms with E-state index in [1.807, 2.05) is 18.2 Å². The molecule has 3 N–H and O–H groups in total. The number of ether oxygens (including phenoxy) is 1. The van der Waals surface area contributed by atoms with E-state index in [9.17, 15) is 19.1 Å². The van der Waals surface area contributed by atoms with Gasteiger partial charge in [0.15, 0.2) is 0 Å². The second-order valence-electron chi connectivity index (χ2n) is 5.80. The average Bonchev–Trinajstić information content (AvgIpc) is 3.02. The number of carboxylic acids is 1. The fourth-order valence-electron chi connectivity index (χ4n) is 2.65. The number of rotatable bonds is 6. The Morgan fingerprint density at radius 3 is 2.69 bits per heavy atom. The molecule has 0 radical (unpaired) electrons. The van der Waals surface area contributed by atoms with Crippen LogP contribution in [0.4, 0.5) is 9.18 Å². The molecule has 3 rings (SSSR count). The first-order valence-electron chi connectivity index (χ1n) is 7.98. The summed E-state index contributed by atoms with van der Waals surface area (Å²) in [4.78, 5) is 26.4. The summed E-state index contributed by atoms with van der Waals surface area (Å²) in [5.41, 5.74) is 2.08. The van der Waals surface area contributed by atoms with Gasteiger partial charge < -0.3 is 20.1 Å². The van der Waals surface area contributed by atoms with Crippen LogP contribution < -0.4 is 5.32 Å². The van der Waals surface area contributed by atoms with Crippen LogP contribution >= 0.6 is 0 Å². The van der Waals surface area contributed by atoms with E-state index in [2.05, 4.69) is 10.3 Å². The standard InChI is InChI=1S/C19H17FN2O4/c20-14-6-7-16-15(9-14)13(10-21-16)8-17(18(23)24)22-19(25)26-11-12-4-2-1-3-5-12/h1-7,9-10,17,21H,8,11H2,(H,22,25)(H,23,24). The highest BCUT2D eigenvalue weighted by molar-refractivity contribution is 5.85. The van der Waals surface area contributed by atoms with Crippen molar-refractivity contribution >= 4 is 23.0 Å². The summed E-state index contributed by atoms with van der Waals surface area (Å²) in [5, 5.41) is 12.3. The number of halogens is 1. The molecule has 134 valence electrons. The second kappa shape index (κ2) is 7.69. The number of aliphatic carboxylic acids is 1. The van der Waals surface area contributed by atoms with Crippen LogP contribution in [-0.2, 0) is 22.6 Å². The lowest BCUT2D eigenvalue weighted by Crippen LogP contribution is -2.42. The number of amides is 1. The van der Waals surface area contributed by atoms with Gasteiger partial charge in [-0.3, -0.25) is 0 Å². The molecule has 2 aromatic carbocycles. The summed E-state index contributed by atoms with van der Waals surface area (Å²) < 4.78 is 18.5. The van der Waals surface area contributed by atoms with Crippen LogP contribution in [0.25, 0.3) is 10.9 Å². The molecule has 0 fully saturated rings. The van der Waals surface area contributed by atoms with E-state index >= 15 is 0 Å². The minimum Gasteiger partial charge on any atom is -0.480 e. The Hall–Kier alpha value is -3.35. The highest BCUT2D eigenvalue weighted by atomic mass is 19.1. The normalized spacial score (nSPS) is 11.9. The lowest BCUT2D eigenvalue weighted by Gasteiger charge is -2.14. The molecule has 3 aromatic rings. The number of alkyl carbamates (subject to hydrolysis) is 1. The van der Waals surface area contributed by atoms with E-state index in [1.54, 1.807) is 24.4 Å². The van der Waals surface area contributed by atoms with Crippen molar-refractivity contribution in [2.24, 2.45) is 0 Å². The van der Waals surface area contributed by atoms with Gasteiger partial charge in [0.1, 0.15) is 18.5 Å². The third-order valence-electron chi connectivity index (χ3n) is 3.96. The molecule has 0 spiro atoms. The molecule has 0 aliphatic carbocycles. The van der Waals surface area contributed by atoms with Gasteiger partial charge >= 0.3 is 12.1 Å². The zero-order chi connectivity index (χ0) is 18.5. The Bertz CT molecular complexity index is 924. The van der Waals surface area contributed by atoms with Crippen molar-refractivity contribution in [2.75, 3.05) is 0 Å². The fourth-order valence-corrected chi connectivity index (χ4v) is 2.65. The van der Waals surface area contributed by atoms with Gasteiger partial charge in [-0.15, -0.1) is 0 Å². The van der Waals surface area contributed by atoms with Crippen LogP contribution in [0.1, 0.15) is 11.1 Å². The average molecular weight is 356 g/mol. The minimum atomic E-state index is -1.20. The lowest BCUT2D eigenvalue weighted by molar-refractivity contribution is -0.139. The van der Waals surface area contributed by atoms with Crippen molar-refractivity contribution in [3.63, 3.8) is 0 Å². The third kappa shape index (κ3) is 4.18. The third-order valence-corrected chi connectivity index (χ3v) is 3.96. The molecule has 1 unspecified atom stereocenters. The van der Waals surface area contributed by atoms with Gasteiger partial charge in [-0.1, -0.05) is 30.3 Å². The number of carbonyl (C=O) groups is 2. The zero-order valence-electron chi connectivity index (χ0n) is 13.7. The topological polar surface area (TPSA) is 91.4 Å². The summed E-state index contributed by atoms with van der Waals surface area (Å²) in [6.45, 7) is 0.0390. The molecule has 0 aliphatic rings. The SMILES string of the molecule is O=C(NC(Cc1c[nH]c2ccc(F)cc12)C(=O)O)OCc1ccccc1. The maximum atomic E-state index is 13.4. The maximum Gasteiger partial charge on any atom is 0.408 e. The van der Waals surface area contributed by atoms with Crippen LogP contribution in [0.5, 0.6) is 0 Å². The lowest BCUT2D eigenvalue weighted by atomic mass is 10.1. The smallest absolute Gasteiger partial charge is 0.408 e. The molecule has 26 heavy (non-hydrogen) atoms. The minimum absolute atomic E-state index is 0.000770. The number of hydrogen-bond donors (Lipinski definition) is 3. The first-order chi connectivity index (χ1) is 12.5. The van der Waals surface area contributed by atoms with Crippen LogP contribution in [0, 0.1) is 5.82 Å². The Morgan fingerprint density at radius 2 is 1.96 bits per heavy atom. The quantitative estimate of drug-likeness (QED) is 0.632. The number of aromatic nitrogens is 1. The number of aromatic amines is 1. The molecule has 1 aromatic heterocycles. The van der Waals surface area contributed by atoms with Crippen LogP contribution in [0.3, 0.4) is 0 Å². The van der Waals surface area contributed by atoms with Gasteiger partial charge in [0.25, 0.3) is 0 Å². The largest absolute Gasteiger partial charge is 0.480 e. The van der Waals surface area contributed by atoms with Gasteiger partial charge in [0, 0.05) is 23.5 Å². The maximum absolute atomic E-state index is 13.4. The molecular weight excluding hydrogens is 339 g/mol. The van der Waals surface area contributed by atoms with Gasteiger partial charge in [-0.05, 0) is 29.3 Å². The van der Waals surface area contributed by atoms with Crippen LogP contribution in [-0.4, -0.2) is 28.2 Å². The predicted octanol–water partition coefficient (Wildman–Crippen LogP) is 3.23. The van der Waals surface area contributed by atoms with E-state index in [-0.39, 0.29) is 13.0 Å². The van der Waals surface area contributed by atoms with Crippen molar-refractivity contribution in [1.29, 1.82) is 0 Å². The van der Waals surface area contributed by atoms with Gasteiger partial charge in [0.2, 0.25) is 0 Å². The molecule has 1 atom stereocenters.